The van der Waals surface area contributed by atoms with Gasteiger partial charge in [0.15, 0.2) is 0 Å². The quantitative estimate of drug-likeness (QED) is 0.358. The van der Waals surface area contributed by atoms with E-state index in [1.54, 1.807) is 12.1 Å². The fourth-order valence-corrected chi connectivity index (χ4v) is 3.25. The highest BCUT2D eigenvalue weighted by molar-refractivity contribution is 5.88. The standard InChI is InChI=1S/C23H22F3NO3/c1-3-22(28)30-15-16(13-23(24,25)26)14-29-19-10-9-18-11-20(27(2)21(18)12-19)17-7-5-4-6-8-17/h3-12,16H,1,13-15H2,2H3. The van der Waals surface area contributed by atoms with Crippen LogP contribution in [0.3, 0.4) is 0 Å². The van der Waals surface area contributed by atoms with Gasteiger partial charge in [0, 0.05) is 36.2 Å². The minimum Gasteiger partial charge on any atom is -0.493 e. The molecule has 3 aromatic rings. The molecule has 0 aliphatic carbocycles. The molecule has 1 unspecified atom stereocenters. The van der Waals surface area contributed by atoms with Gasteiger partial charge in [-0.1, -0.05) is 36.9 Å². The molecule has 0 aliphatic heterocycles. The van der Waals surface area contributed by atoms with Crippen molar-refractivity contribution in [1.29, 1.82) is 0 Å². The van der Waals surface area contributed by atoms with Crippen molar-refractivity contribution in [3.63, 3.8) is 0 Å². The number of hydrogen-bond donors (Lipinski definition) is 0. The lowest BCUT2D eigenvalue weighted by atomic mass is 10.1. The molecule has 0 radical (unpaired) electrons. The number of carbonyl (C=O) groups is 1. The van der Waals surface area contributed by atoms with E-state index in [0.29, 0.717) is 5.75 Å². The van der Waals surface area contributed by atoms with Gasteiger partial charge in [-0.25, -0.2) is 4.79 Å². The molecule has 158 valence electrons. The Balaban J connectivity index is 1.76. The Morgan fingerprint density at radius 2 is 1.87 bits per heavy atom. The van der Waals surface area contributed by atoms with Gasteiger partial charge in [-0.05, 0) is 23.8 Å². The predicted octanol–water partition coefficient (Wildman–Crippen LogP) is 5.52. The zero-order chi connectivity index (χ0) is 21.7. The molecule has 0 N–H and O–H groups in total. The van der Waals surface area contributed by atoms with Gasteiger partial charge in [-0.2, -0.15) is 13.2 Å². The molecule has 1 atom stereocenters. The summed E-state index contributed by atoms with van der Waals surface area (Å²) in [5.74, 6) is -1.33. The highest BCUT2D eigenvalue weighted by Gasteiger charge is 2.33. The van der Waals surface area contributed by atoms with Gasteiger partial charge >= 0.3 is 12.1 Å². The van der Waals surface area contributed by atoms with E-state index in [1.807, 2.05) is 48.0 Å². The third kappa shape index (κ3) is 5.43. The van der Waals surface area contributed by atoms with Gasteiger partial charge in [0.05, 0.1) is 25.2 Å². The van der Waals surface area contributed by atoms with Crippen molar-refractivity contribution in [2.75, 3.05) is 13.2 Å². The number of ether oxygens (including phenoxy) is 2. The van der Waals surface area contributed by atoms with Crippen LogP contribution in [0.5, 0.6) is 5.75 Å². The number of benzene rings is 2. The molecule has 7 heteroatoms. The molecule has 0 aliphatic rings. The largest absolute Gasteiger partial charge is 0.493 e. The lowest BCUT2D eigenvalue weighted by Gasteiger charge is -2.19. The zero-order valence-corrected chi connectivity index (χ0v) is 16.5. The molecule has 1 heterocycles. The molecule has 0 saturated carbocycles. The maximum Gasteiger partial charge on any atom is 0.389 e. The number of hydrogen-bond acceptors (Lipinski definition) is 3. The first-order valence-corrected chi connectivity index (χ1v) is 9.40. The SMILES string of the molecule is C=CC(=O)OCC(COc1ccc2cc(-c3ccccc3)n(C)c2c1)CC(F)(F)F. The van der Waals surface area contributed by atoms with Crippen LogP contribution in [0.2, 0.25) is 0 Å². The third-order valence-electron chi connectivity index (χ3n) is 4.72. The summed E-state index contributed by atoms with van der Waals surface area (Å²) < 4.78 is 51.0. The summed E-state index contributed by atoms with van der Waals surface area (Å²) in [7, 11) is 1.93. The fraction of sp³-hybridized carbons (Fsp3) is 0.261. The van der Waals surface area contributed by atoms with Gasteiger partial charge in [-0.3, -0.25) is 0 Å². The summed E-state index contributed by atoms with van der Waals surface area (Å²) in [5.41, 5.74) is 2.98. The summed E-state index contributed by atoms with van der Waals surface area (Å²) in [6.07, 6.45) is -4.58. The second kappa shape index (κ2) is 9.07. The first kappa shape index (κ1) is 21.5. The minimum atomic E-state index is -4.39. The molecule has 30 heavy (non-hydrogen) atoms. The molecular weight excluding hydrogens is 395 g/mol. The zero-order valence-electron chi connectivity index (χ0n) is 16.5. The summed E-state index contributed by atoms with van der Waals surface area (Å²) in [6, 6.07) is 17.3. The number of fused-ring (bicyclic) bond motifs is 1. The van der Waals surface area contributed by atoms with Crippen molar-refractivity contribution >= 4 is 16.9 Å². The maximum absolute atomic E-state index is 12.8. The van der Waals surface area contributed by atoms with E-state index < -0.39 is 31.1 Å². The van der Waals surface area contributed by atoms with Gasteiger partial charge in [0.2, 0.25) is 0 Å². The van der Waals surface area contributed by atoms with E-state index in [2.05, 4.69) is 12.6 Å². The van der Waals surface area contributed by atoms with E-state index in [1.165, 1.54) is 0 Å². The number of aromatic nitrogens is 1. The first-order valence-electron chi connectivity index (χ1n) is 9.40. The molecule has 4 nitrogen and oxygen atoms in total. The van der Waals surface area contributed by atoms with Crippen molar-refractivity contribution < 1.29 is 27.4 Å². The van der Waals surface area contributed by atoms with Crippen LogP contribution in [0.15, 0.2) is 67.3 Å². The molecule has 0 fully saturated rings. The molecule has 0 amide bonds. The number of nitrogens with zero attached hydrogens (tertiary/aromatic N) is 1. The number of carbonyl (C=O) groups excluding carboxylic acids is 1. The summed E-state index contributed by atoms with van der Waals surface area (Å²) in [4.78, 5) is 11.2. The Morgan fingerprint density at radius 3 is 2.53 bits per heavy atom. The number of alkyl halides is 3. The highest BCUT2D eigenvalue weighted by atomic mass is 19.4. The molecule has 1 aromatic heterocycles. The first-order chi connectivity index (χ1) is 14.3. The second-order valence-electron chi connectivity index (χ2n) is 7.01. The summed E-state index contributed by atoms with van der Waals surface area (Å²) >= 11 is 0. The average Bonchev–Trinajstić information content (AvgIpc) is 3.05. The second-order valence-corrected chi connectivity index (χ2v) is 7.01. The predicted molar refractivity (Wildman–Crippen MR) is 109 cm³/mol. The molecule has 0 spiro atoms. The van der Waals surface area contributed by atoms with Gasteiger partial charge in [-0.15, -0.1) is 0 Å². The van der Waals surface area contributed by atoms with Crippen LogP contribution < -0.4 is 4.74 Å². The average molecular weight is 417 g/mol. The Labute approximate surface area is 172 Å². The molecular formula is C23H22F3NO3. The van der Waals surface area contributed by atoms with Gasteiger partial charge < -0.3 is 14.0 Å². The lowest BCUT2D eigenvalue weighted by molar-refractivity contribution is -0.157. The molecule has 0 saturated heterocycles. The fourth-order valence-electron chi connectivity index (χ4n) is 3.25. The highest BCUT2D eigenvalue weighted by Crippen LogP contribution is 2.30. The van der Waals surface area contributed by atoms with Crippen molar-refractivity contribution in [1.82, 2.24) is 4.57 Å². The molecule has 0 bridgehead atoms. The van der Waals surface area contributed by atoms with Crippen LogP contribution in [0.4, 0.5) is 13.2 Å². The number of rotatable bonds is 8. The van der Waals surface area contributed by atoms with Gasteiger partial charge in [0.1, 0.15) is 5.75 Å². The summed E-state index contributed by atoms with van der Waals surface area (Å²) in [5, 5.41) is 0.996. The van der Waals surface area contributed by atoms with Crippen molar-refractivity contribution in [2.45, 2.75) is 12.6 Å². The molecule has 2 aromatic carbocycles. The Morgan fingerprint density at radius 1 is 1.13 bits per heavy atom. The van der Waals surface area contributed by atoms with Crippen molar-refractivity contribution in [3.8, 4) is 17.0 Å². The smallest absolute Gasteiger partial charge is 0.389 e. The topological polar surface area (TPSA) is 40.5 Å². The monoisotopic (exact) mass is 417 g/mol. The molecule has 3 rings (SSSR count). The third-order valence-corrected chi connectivity index (χ3v) is 4.72. The Hall–Kier alpha value is -3.22. The normalized spacial score (nSPS) is 12.5. The van der Waals surface area contributed by atoms with Crippen LogP contribution in [0.1, 0.15) is 6.42 Å². The van der Waals surface area contributed by atoms with E-state index in [4.69, 9.17) is 9.47 Å². The van der Waals surface area contributed by atoms with Crippen LogP contribution >= 0.6 is 0 Å². The van der Waals surface area contributed by atoms with Crippen molar-refractivity contribution in [2.24, 2.45) is 13.0 Å². The van der Waals surface area contributed by atoms with E-state index >= 15 is 0 Å². The van der Waals surface area contributed by atoms with E-state index in [-0.39, 0.29) is 6.61 Å². The van der Waals surface area contributed by atoms with Crippen LogP contribution in [-0.4, -0.2) is 29.9 Å². The maximum atomic E-state index is 12.8. The number of esters is 1. The Bertz CT molecular complexity index is 1030. The summed E-state index contributed by atoms with van der Waals surface area (Å²) in [6.45, 7) is 2.61. The van der Waals surface area contributed by atoms with Crippen LogP contribution in [0.25, 0.3) is 22.2 Å². The van der Waals surface area contributed by atoms with E-state index in [9.17, 15) is 18.0 Å². The Kier molecular flexibility index (Phi) is 6.50. The minimum absolute atomic E-state index is 0.231. The van der Waals surface area contributed by atoms with E-state index in [0.717, 1.165) is 28.2 Å². The van der Waals surface area contributed by atoms with Crippen molar-refractivity contribution in [3.05, 3.63) is 67.3 Å². The lowest BCUT2D eigenvalue weighted by Crippen LogP contribution is -2.25. The van der Waals surface area contributed by atoms with Crippen LogP contribution in [-0.2, 0) is 16.6 Å². The van der Waals surface area contributed by atoms with Crippen LogP contribution in [0, 0.1) is 5.92 Å². The van der Waals surface area contributed by atoms with Gasteiger partial charge in [0.25, 0.3) is 0 Å². The number of halogens is 3. The number of aryl methyl sites for hydroxylation is 1.